The molecule has 4 rings (SSSR count). The summed E-state index contributed by atoms with van der Waals surface area (Å²) in [5.41, 5.74) is 6.00. The molecule has 5 heteroatoms. The minimum Gasteiger partial charge on any atom is -0.443 e. The lowest BCUT2D eigenvalue weighted by molar-refractivity contribution is 0.602. The number of oxazole rings is 1. The molecule has 2 aromatic heterocycles. The molecule has 108 valence electrons. The van der Waals surface area contributed by atoms with Gasteiger partial charge in [-0.15, -0.1) is 10.2 Å². The number of nitrogens with zero attached hydrogens (tertiary/aromatic N) is 4. The lowest BCUT2D eigenvalue weighted by Gasteiger charge is -2.12. The summed E-state index contributed by atoms with van der Waals surface area (Å²) in [6, 6.07) is 12.1. The number of para-hydroxylation sites is 1. The van der Waals surface area contributed by atoms with Crippen molar-refractivity contribution >= 4 is 11.1 Å². The molecule has 0 saturated carbocycles. The maximum Gasteiger partial charge on any atom is 0.181 e. The van der Waals surface area contributed by atoms with Gasteiger partial charge in [0.05, 0.1) is 5.69 Å². The van der Waals surface area contributed by atoms with Crippen molar-refractivity contribution in [2.45, 2.75) is 13.8 Å². The molecule has 0 aliphatic rings. The third kappa shape index (κ3) is 1.90. The van der Waals surface area contributed by atoms with Gasteiger partial charge < -0.3 is 4.42 Å². The zero-order valence-electron chi connectivity index (χ0n) is 12.3. The van der Waals surface area contributed by atoms with E-state index in [9.17, 15) is 0 Å². The summed E-state index contributed by atoms with van der Waals surface area (Å²) in [7, 11) is 0. The number of aromatic nitrogens is 4. The summed E-state index contributed by atoms with van der Waals surface area (Å²) in [6.45, 7) is 4.18. The van der Waals surface area contributed by atoms with Crippen molar-refractivity contribution in [2.24, 2.45) is 0 Å². The molecule has 0 unspecified atom stereocenters. The molecule has 0 amide bonds. The lowest BCUT2D eigenvalue weighted by Crippen LogP contribution is -2.01. The highest BCUT2D eigenvalue weighted by atomic mass is 16.3. The van der Waals surface area contributed by atoms with E-state index in [4.69, 9.17) is 4.42 Å². The van der Waals surface area contributed by atoms with Crippen molar-refractivity contribution in [2.75, 3.05) is 0 Å². The highest BCUT2D eigenvalue weighted by molar-refractivity contribution is 5.78. The van der Waals surface area contributed by atoms with Gasteiger partial charge in [0, 0.05) is 5.56 Å². The molecule has 2 heterocycles. The maximum atomic E-state index is 5.38. The Labute approximate surface area is 127 Å². The van der Waals surface area contributed by atoms with Crippen LogP contribution in [0.1, 0.15) is 11.1 Å². The van der Waals surface area contributed by atoms with Crippen molar-refractivity contribution < 1.29 is 4.42 Å². The first-order valence-electron chi connectivity index (χ1n) is 7.04. The molecule has 0 aliphatic carbocycles. The lowest BCUT2D eigenvalue weighted by atomic mass is 10.1. The topological polar surface area (TPSA) is 56.7 Å². The van der Waals surface area contributed by atoms with E-state index in [0.29, 0.717) is 0 Å². The second-order valence-corrected chi connectivity index (χ2v) is 5.30. The normalized spacial score (nSPS) is 11.2. The zero-order chi connectivity index (χ0) is 15.1. The molecule has 5 nitrogen and oxygen atoms in total. The van der Waals surface area contributed by atoms with Crippen molar-refractivity contribution in [3.05, 3.63) is 60.2 Å². The van der Waals surface area contributed by atoms with Crippen LogP contribution in [0.2, 0.25) is 0 Å². The van der Waals surface area contributed by atoms with E-state index in [2.05, 4.69) is 47.2 Å². The minimum absolute atomic E-state index is 0.744. The Bertz CT molecular complexity index is 947. The summed E-state index contributed by atoms with van der Waals surface area (Å²) in [4.78, 5) is 4.14. The van der Waals surface area contributed by atoms with E-state index in [1.807, 2.05) is 22.8 Å². The van der Waals surface area contributed by atoms with Crippen LogP contribution in [0.25, 0.3) is 28.2 Å². The zero-order valence-corrected chi connectivity index (χ0v) is 12.3. The maximum absolute atomic E-state index is 5.38. The van der Waals surface area contributed by atoms with Gasteiger partial charge in [0.15, 0.2) is 17.8 Å². The summed E-state index contributed by atoms with van der Waals surface area (Å²) in [6.07, 6.45) is 3.19. The molecule has 2 aromatic carbocycles. The standard InChI is InChI=1S/C17H14N4O/c1-11-4-3-5-12(2)16(11)21-9-19-20-17(21)13-6-7-14-15(8-13)22-10-18-14/h3-10H,1-2H3. The third-order valence-corrected chi connectivity index (χ3v) is 3.82. The van der Waals surface area contributed by atoms with Gasteiger partial charge in [0.2, 0.25) is 0 Å². The van der Waals surface area contributed by atoms with Gasteiger partial charge in [-0.25, -0.2) is 4.98 Å². The predicted molar refractivity (Wildman–Crippen MR) is 83.8 cm³/mol. The Morgan fingerprint density at radius 1 is 1.05 bits per heavy atom. The Morgan fingerprint density at radius 3 is 2.68 bits per heavy atom. The fourth-order valence-electron chi connectivity index (χ4n) is 2.78. The first-order valence-corrected chi connectivity index (χ1v) is 7.04. The van der Waals surface area contributed by atoms with Gasteiger partial charge in [-0.05, 0) is 43.2 Å². The van der Waals surface area contributed by atoms with Gasteiger partial charge >= 0.3 is 0 Å². The van der Waals surface area contributed by atoms with Gasteiger partial charge in [-0.1, -0.05) is 18.2 Å². The van der Waals surface area contributed by atoms with Crippen LogP contribution >= 0.6 is 0 Å². The fourth-order valence-corrected chi connectivity index (χ4v) is 2.78. The van der Waals surface area contributed by atoms with Crippen LogP contribution in [-0.4, -0.2) is 19.7 Å². The fraction of sp³-hybridized carbons (Fsp3) is 0.118. The Morgan fingerprint density at radius 2 is 1.86 bits per heavy atom. The average Bonchev–Trinajstić information content (AvgIpc) is 3.15. The van der Waals surface area contributed by atoms with Gasteiger partial charge in [0.25, 0.3) is 0 Å². The molecule has 0 atom stereocenters. The second kappa shape index (κ2) is 4.80. The number of hydrogen-bond donors (Lipinski definition) is 0. The number of fused-ring (bicyclic) bond motifs is 1. The van der Waals surface area contributed by atoms with Crippen LogP contribution in [0.15, 0.2) is 53.5 Å². The number of aryl methyl sites for hydroxylation is 2. The number of benzene rings is 2. The molecule has 0 aliphatic heterocycles. The molecule has 0 saturated heterocycles. The van der Waals surface area contributed by atoms with Crippen LogP contribution in [0, 0.1) is 13.8 Å². The molecule has 0 spiro atoms. The SMILES string of the molecule is Cc1cccc(C)c1-n1cnnc1-c1ccc2ncoc2c1. The van der Waals surface area contributed by atoms with E-state index < -0.39 is 0 Å². The molecule has 4 aromatic rings. The van der Waals surface area contributed by atoms with E-state index in [1.165, 1.54) is 17.5 Å². The van der Waals surface area contributed by atoms with Crippen LogP contribution in [-0.2, 0) is 0 Å². The molecular weight excluding hydrogens is 276 g/mol. The predicted octanol–water partition coefficient (Wildman–Crippen LogP) is 3.69. The summed E-state index contributed by atoms with van der Waals surface area (Å²) < 4.78 is 7.40. The summed E-state index contributed by atoms with van der Waals surface area (Å²) >= 11 is 0. The van der Waals surface area contributed by atoms with Gasteiger partial charge in [-0.3, -0.25) is 4.57 Å². The highest BCUT2D eigenvalue weighted by Gasteiger charge is 2.13. The first-order chi connectivity index (χ1) is 10.7. The highest BCUT2D eigenvalue weighted by Crippen LogP contribution is 2.27. The molecule has 0 radical (unpaired) electrons. The van der Waals surface area contributed by atoms with E-state index in [0.717, 1.165) is 28.2 Å². The van der Waals surface area contributed by atoms with Crippen molar-refractivity contribution in [3.63, 3.8) is 0 Å². The smallest absolute Gasteiger partial charge is 0.181 e. The second-order valence-electron chi connectivity index (χ2n) is 5.30. The van der Waals surface area contributed by atoms with Crippen molar-refractivity contribution in [1.29, 1.82) is 0 Å². The van der Waals surface area contributed by atoms with E-state index >= 15 is 0 Å². The molecule has 0 N–H and O–H groups in total. The first kappa shape index (κ1) is 12.8. The quantitative estimate of drug-likeness (QED) is 0.565. The summed E-state index contributed by atoms with van der Waals surface area (Å²) in [5, 5.41) is 8.38. The Kier molecular flexibility index (Phi) is 2.79. The molecule has 0 bridgehead atoms. The third-order valence-electron chi connectivity index (χ3n) is 3.82. The van der Waals surface area contributed by atoms with Gasteiger partial charge in [-0.2, -0.15) is 0 Å². The molecular formula is C17H14N4O. The number of hydrogen-bond acceptors (Lipinski definition) is 4. The van der Waals surface area contributed by atoms with E-state index in [1.54, 1.807) is 6.33 Å². The van der Waals surface area contributed by atoms with Gasteiger partial charge in [0.1, 0.15) is 11.8 Å². The van der Waals surface area contributed by atoms with Crippen molar-refractivity contribution in [3.8, 4) is 17.1 Å². The summed E-state index contributed by atoms with van der Waals surface area (Å²) in [5.74, 6) is 0.788. The van der Waals surface area contributed by atoms with Crippen LogP contribution in [0.3, 0.4) is 0 Å². The van der Waals surface area contributed by atoms with Crippen molar-refractivity contribution in [1.82, 2.24) is 19.7 Å². The Hall–Kier alpha value is -2.95. The molecule has 0 fully saturated rings. The Balaban J connectivity index is 1.93. The largest absolute Gasteiger partial charge is 0.443 e. The molecule has 22 heavy (non-hydrogen) atoms. The van der Waals surface area contributed by atoms with Crippen LogP contribution < -0.4 is 0 Å². The monoisotopic (exact) mass is 290 g/mol. The number of rotatable bonds is 2. The van der Waals surface area contributed by atoms with Crippen LogP contribution in [0.5, 0.6) is 0 Å². The van der Waals surface area contributed by atoms with E-state index in [-0.39, 0.29) is 0 Å². The average molecular weight is 290 g/mol. The van der Waals surface area contributed by atoms with Crippen LogP contribution in [0.4, 0.5) is 0 Å². The minimum atomic E-state index is 0.744.